The smallest absolute Gasteiger partial charge is 0.182 e. The van der Waals surface area contributed by atoms with Gasteiger partial charge in [0.1, 0.15) is 0 Å². The summed E-state index contributed by atoms with van der Waals surface area (Å²) in [5.41, 5.74) is 5.91. The lowest BCUT2D eigenvalue weighted by molar-refractivity contribution is 0.284. The van der Waals surface area contributed by atoms with Crippen molar-refractivity contribution < 1.29 is 0 Å². The standard InChI is InChI=1S/C10H19N5/c1-2-15-13-9(12-14-15)10(8-11)6-4-3-5-7-10/h2-8,11H2,1H3. The number of aromatic nitrogens is 4. The molecule has 1 heterocycles. The van der Waals surface area contributed by atoms with E-state index in [1.807, 2.05) is 6.92 Å². The van der Waals surface area contributed by atoms with E-state index < -0.39 is 0 Å². The quantitative estimate of drug-likeness (QED) is 0.801. The number of nitrogens with two attached hydrogens (primary N) is 1. The summed E-state index contributed by atoms with van der Waals surface area (Å²) in [5.74, 6) is 0.853. The average Bonchev–Trinajstić information content (AvgIpc) is 2.79. The van der Waals surface area contributed by atoms with E-state index in [4.69, 9.17) is 5.73 Å². The van der Waals surface area contributed by atoms with E-state index in [9.17, 15) is 0 Å². The summed E-state index contributed by atoms with van der Waals surface area (Å²) < 4.78 is 0. The minimum absolute atomic E-state index is 0.00562. The van der Waals surface area contributed by atoms with E-state index >= 15 is 0 Å². The van der Waals surface area contributed by atoms with Gasteiger partial charge >= 0.3 is 0 Å². The van der Waals surface area contributed by atoms with Gasteiger partial charge in [-0.1, -0.05) is 19.3 Å². The molecule has 0 aliphatic heterocycles. The molecule has 0 bridgehead atoms. The molecule has 84 valence electrons. The molecule has 0 spiro atoms. The molecule has 1 aromatic heterocycles. The highest BCUT2D eigenvalue weighted by molar-refractivity contribution is 5.07. The third-order valence-corrected chi connectivity index (χ3v) is 3.41. The maximum absolute atomic E-state index is 5.90. The Balaban J connectivity index is 2.24. The van der Waals surface area contributed by atoms with Gasteiger partial charge in [-0.2, -0.15) is 4.80 Å². The first kappa shape index (κ1) is 10.5. The van der Waals surface area contributed by atoms with Gasteiger partial charge in [0.05, 0.1) is 6.54 Å². The molecule has 0 radical (unpaired) electrons. The molecule has 1 aromatic rings. The van der Waals surface area contributed by atoms with Crippen molar-refractivity contribution in [2.24, 2.45) is 5.73 Å². The topological polar surface area (TPSA) is 69.6 Å². The van der Waals surface area contributed by atoms with Crippen LogP contribution in [-0.4, -0.2) is 26.8 Å². The molecule has 0 unspecified atom stereocenters. The number of hydrogen-bond acceptors (Lipinski definition) is 4. The summed E-state index contributed by atoms with van der Waals surface area (Å²) in [5, 5.41) is 12.6. The van der Waals surface area contributed by atoms with Crippen molar-refractivity contribution in [2.75, 3.05) is 6.54 Å². The SMILES string of the molecule is CCn1nnc(C2(CN)CCCCC2)n1. The van der Waals surface area contributed by atoms with Crippen molar-refractivity contribution >= 4 is 0 Å². The van der Waals surface area contributed by atoms with Gasteiger partial charge in [-0.3, -0.25) is 0 Å². The zero-order valence-electron chi connectivity index (χ0n) is 9.32. The van der Waals surface area contributed by atoms with Crippen LogP contribution in [0.3, 0.4) is 0 Å². The summed E-state index contributed by atoms with van der Waals surface area (Å²) in [6, 6.07) is 0. The van der Waals surface area contributed by atoms with Crippen molar-refractivity contribution in [3.05, 3.63) is 5.82 Å². The maximum atomic E-state index is 5.90. The predicted molar refractivity (Wildman–Crippen MR) is 57.3 cm³/mol. The fourth-order valence-electron chi connectivity index (χ4n) is 2.34. The second kappa shape index (κ2) is 4.26. The Labute approximate surface area is 90.0 Å². The van der Waals surface area contributed by atoms with Gasteiger partial charge in [-0.15, -0.1) is 10.2 Å². The number of tetrazole rings is 1. The highest BCUT2D eigenvalue weighted by Crippen LogP contribution is 2.36. The molecule has 1 saturated carbocycles. The van der Waals surface area contributed by atoms with Crippen LogP contribution in [-0.2, 0) is 12.0 Å². The van der Waals surface area contributed by atoms with E-state index in [0.717, 1.165) is 25.2 Å². The molecular formula is C10H19N5. The fraction of sp³-hybridized carbons (Fsp3) is 0.900. The molecule has 1 aliphatic carbocycles. The molecule has 0 amide bonds. The molecule has 0 aromatic carbocycles. The molecule has 2 N–H and O–H groups in total. The lowest BCUT2D eigenvalue weighted by Crippen LogP contribution is -2.38. The van der Waals surface area contributed by atoms with E-state index in [1.54, 1.807) is 4.80 Å². The Morgan fingerprint density at radius 2 is 2.07 bits per heavy atom. The van der Waals surface area contributed by atoms with Gasteiger partial charge in [-0.25, -0.2) is 0 Å². The number of hydrogen-bond donors (Lipinski definition) is 1. The summed E-state index contributed by atoms with van der Waals surface area (Å²) in [4.78, 5) is 1.64. The van der Waals surface area contributed by atoms with Crippen LogP contribution in [0, 0.1) is 0 Å². The van der Waals surface area contributed by atoms with Crippen LogP contribution in [0.1, 0.15) is 44.9 Å². The number of aryl methyl sites for hydroxylation is 1. The Hall–Kier alpha value is -0.970. The Morgan fingerprint density at radius 3 is 2.60 bits per heavy atom. The van der Waals surface area contributed by atoms with E-state index in [1.165, 1.54) is 19.3 Å². The van der Waals surface area contributed by atoms with Crippen LogP contribution in [0.15, 0.2) is 0 Å². The Morgan fingerprint density at radius 1 is 1.33 bits per heavy atom. The molecular weight excluding hydrogens is 190 g/mol. The van der Waals surface area contributed by atoms with Crippen LogP contribution in [0.25, 0.3) is 0 Å². The van der Waals surface area contributed by atoms with E-state index in [0.29, 0.717) is 6.54 Å². The third kappa shape index (κ3) is 1.88. The van der Waals surface area contributed by atoms with Crippen molar-refractivity contribution in [2.45, 2.75) is 51.0 Å². The lowest BCUT2D eigenvalue weighted by atomic mass is 9.73. The molecule has 1 aliphatic rings. The zero-order chi connectivity index (χ0) is 10.7. The van der Waals surface area contributed by atoms with Gasteiger partial charge in [0.25, 0.3) is 0 Å². The first-order valence-electron chi connectivity index (χ1n) is 5.79. The normalized spacial score (nSPS) is 20.4. The van der Waals surface area contributed by atoms with Crippen molar-refractivity contribution in [1.29, 1.82) is 0 Å². The molecule has 5 nitrogen and oxygen atoms in total. The lowest BCUT2D eigenvalue weighted by Gasteiger charge is -2.32. The maximum Gasteiger partial charge on any atom is 0.182 e. The molecule has 2 rings (SSSR count). The van der Waals surface area contributed by atoms with Crippen molar-refractivity contribution in [1.82, 2.24) is 20.2 Å². The van der Waals surface area contributed by atoms with Crippen molar-refractivity contribution in [3.8, 4) is 0 Å². The van der Waals surface area contributed by atoms with Crippen LogP contribution < -0.4 is 5.73 Å². The summed E-state index contributed by atoms with van der Waals surface area (Å²) in [6.45, 7) is 3.43. The number of nitrogens with zero attached hydrogens (tertiary/aromatic N) is 4. The second-order valence-corrected chi connectivity index (χ2v) is 4.35. The molecule has 0 atom stereocenters. The van der Waals surface area contributed by atoms with Gasteiger partial charge < -0.3 is 5.73 Å². The van der Waals surface area contributed by atoms with Gasteiger partial charge in [0, 0.05) is 12.0 Å². The third-order valence-electron chi connectivity index (χ3n) is 3.41. The fourth-order valence-corrected chi connectivity index (χ4v) is 2.34. The summed E-state index contributed by atoms with van der Waals surface area (Å²) in [6.07, 6.45) is 6.00. The van der Waals surface area contributed by atoms with Gasteiger partial charge in [0.2, 0.25) is 0 Å². The van der Waals surface area contributed by atoms with Crippen LogP contribution >= 0.6 is 0 Å². The zero-order valence-corrected chi connectivity index (χ0v) is 9.32. The minimum Gasteiger partial charge on any atom is -0.329 e. The van der Waals surface area contributed by atoms with Crippen LogP contribution in [0.4, 0.5) is 0 Å². The van der Waals surface area contributed by atoms with Crippen LogP contribution in [0.5, 0.6) is 0 Å². The van der Waals surface area contributed by atoms with E-state index in [-0.39, 0.29) is 5.41 Å². The largest absolute Gasteiger partial charge is 0.329 e. The first-order chi connectivity index (χ1) is 7.30. The van der Waals surface area contributed by atoms with Crippen LogP contribution in [0.2, 0.25) is 0 Å². The predicted octanol–water partition coefficient (Wildman–Crippen LogP) is 0.854. The Bertz CT molecular complexity index is 313. The van der Waals surface area contributed by atoms with Gasteiger partial charge in [-0.05, 0) is 25.0 Å². The highest BCUT2D eigenvalue weighted by atomic mass is 15.6. The molecule has 5 heteroatoms. The number of rotatable bonds is 3. The summed E-state index contributed by atoms with van der Waals surface area (Å²) >= 11 is 0. The highest BCUT2D eigenvalue weighted by Gasteiger charge is 2.36. The molecule has 15 heavy (non-hydrogen) atoms. The average molecular weight is 209 g/mol. The molecule has 0 saturated heterocycles. The monoisotopic (exact) mass is 209 g/mol. The van der Waals surface area contributed by atoms with E-state index in [2.05, 4.69) is 15.4 Å². The van der Waals surface area contributed by atoms with Gasteiger partial charge in [0.15, 0.2) is 5.82 Å². The molecule has 1 fully saturated rings. The summed E-state index contributed by atoms with van der Waals surface area (Å²) in [7, 11) is 0. The second-order valence-electron chi connectivity index (χ2n) is 4.35. The Kier molecular flexibility index (Phi) is 3.00. The minimum atomic E-state index is 0.00562. The first-order valence-corrected chi connectivity index (χ1v) is 5.79. The van der Waals surface area contributed by atoms with Crippen molar-refractivity contribution in [3.63, 3.8) is 0 Å².